The van der Waals surface area contributed by atoms with Gasteiger partial charge in [-0.15, -0.1) is 11.3 Å². The molecule has 25 heavy (non-hydrogen) atoms. The number of methoxy groups -OCH3 is 2. The van der Waals surface area contributed by atoms with Gasteiger partial charge in [0.15, 0.2) is 16.6 Å². The summed E-state index contributed by atoms with van der Waals surface area (Å²) in [5.41, 5.74) is 1.72. The molecule has 1 aromatic carbocycles. The molecule has 0 spiro atoms. The molecule has 2 heterocycles. The predicted molar refractivity (Wildman–Crippen MR) is 103 cm³/mol. The van der Waals surface area contributed by atoms with Crippen LogP contribution in [-0.2, 0) is 4.79 Å². The Balaban J connectivity index is 1.64. The van der Waals surface area contributed by atoms with Crippen molar-refractivity contribution in [1.82, 2.24) is 10.3 Å². The van der Waals surface area contributed by atoms with Crippen molar-refractivity contribution in [3.05, 3.63) is 23.6 Å². The fourth-order valence-electron chi connectivity index (χ4n) is 2.60. The van der Waals surface area contributed by atoms with Crippen LogP contribution in [-0.4, -0.2) is 49.2 Å². The van der Waals surface area contributed by atoms with Gasteiger partial charge >= 0.3 is 0 Å². The first-order chi connectivity index (χ1) is 12.2. The first-order valence-electron chi connectivity index (χ1n) is 7.98. The Morgan fingerprint density at radius 2 is 2.20 bits per heavy atom. The number of nitrogens with zero attached hydrogens (tertiary/aromatic N) is 1. The van der Waals surface area contributed by atoms with Crippen LogP contribution < -0.4 is 20.1 Å². The highest BCUT2D eigenvalue weighted by Crippen LogP contribution is 2.33. The topological polar surface area (TPSA) is 72.5 Å². The number of thioether (sulfide) groups is 1. The number of hydrogen-bond donors (Lipinski definition) is 2. The van der Waals surface area contributed by atoms with Gasteiger partial charge in [-0.1, -0.05) is 0 Å². The third-order valence-corrected chi connectivity index (χ3v) is 5.75. The molecule has 1 aliphatic heterocycles. The molecule has 1 amide bonds. The van der Waals surface area contributed by atoms with Crippen molar-refractivity contribution in [2.75, 3.05) is 37.6 Å². The summed E-state index contributed by atoms with van der Waals surface area (Å²) >= 11 is 3.30. The van der Waals surface area contributed by atoms with E-state index in [2.05, 4.69) is 15.6 Å². The van der Waals surface area contributed by atoms with E-state index in [-0.39, 0.29) is 11.9 Å². The molecule has 1 atom stereocenters. The molecule has 0 saturated carbocycles. The maximum atomic E-state index is 12.2. The van der Waals surface area contributed by atoms with E-state index in [9.17, 15) is 4.79 Å². The SMILES string of the molecule is COc1ccc(-c2csc(NC(=O)CC3CSCCN3)n2)cc1OC. The average molecular weight is 380 g/mol. The summed E-state index contributed by atoms with van der Waals surface area (Å²) in [5.74, 6) is 3.40. The molecule has 2 N–H and O–H groups in total. The van der Waals surface area contributed by atoms with Crippen LogP contribution in [0, 0.1) is 0 Å². The number of thiazole rings is 1. The highest BCUT2D eigenvalue weighted by molar-refractivity contribution is 7.99. The quantitative estimate of drug-likeness (QED) is 0.804. The number of nitrogens with one attached hydrogen (secondary N) is 2. The molecular formula is C17H21N3O3S2. The van der Waals surface area contributed by atoms with Gasteiger partial charge in [-0.3, -0.25) is 4.79 Å². The molecule has 1 aromatic heterocycles. The Morgan fingerprint density at radius 3 is 2.92 bits per heavy atom. The second-order valence-corrected chi connectivity index (χ2v) is 7.59. The lowest BCUT2D eigenvalue weighted by Crippen LogP contribution is -2.39. The van der Waals surface area contributed by atoms with Crippen molar-refractivity contribution in [3.8, 4) is 22.8 Å². The number of aromatic nitrogens is 1. The first kappa shape index (κ1) is 18.0. The Morgan fingerprint density at radius 1 is 1.36 bits per heavy atom. The second kappa shape index (κ2) is 8.55. The number of carbonyl (C=O) groups is 1. The zero-order valence-corrected chi connectivity index (χ0v) is 15.8. The standard InChI is InChI=1S/C17H21N3O3S2/c1-22-14-4-3-11(7-15(14)23-2)13-10-25-17(19-13)20-16(21)8-12-9-24-6-5-18-12/h3-4,7,10,12,18H,5-6,8-9H2,1-2H3,(H,19,20,21). The predicted octanol–water partition coefficient (Wildman–Crippen LogP) is 2.86. The van der Waals surface area contributed by atoms with Crippen molar-refractivity contribution in [1.29, 1.82) is 0 Å². The van der Waals surface area contributed by atoms with E-state index in [1.807, 2.05) is 35.3 Å². The van der Waals surface area contributed by atoms with Gasteiger partial charge in [0.05, 0.1) is 19.9 Å². The van der Waals surface area contributed by atoms with E-state index >= 15 is 0 Å². The molecule has 6 nitrogen and oxygen atoms in total. The van der Waals surface area contributed by atoms with Gasteiger partial charge < -0.3 is 20.1 Å². The van der Waals surface area contributed by atoms with Crippen LogP contribution in [0.2, 0.25) is 0 Å². The Labute approximate surface area is 155 Å². The van der Waals surface area contributed by atoms with Gasteiger partial charge in [0.25, 0.3) is 0 Å². The fraction of sp³-hybridized carbons (Fsp3) is 0.412. The Bertz CT molecular complexity index is 730. The fourth-order valence-corrected chi connectivity index (χ4v) is 4.29. The summed E-state index contributed by atoms with van der Waals surface area (Å²) in [6, 6.07) is 5.88. The molecule has 134 valence electrons. The van der Waals surface area contributed by atoms with Gasteiger partial charge in [-0.05, 0) is 18.2 Å². The summed E-state index contributed by atoms with van der Waals surface area (Å²) in [4.78, 5) is 16.7. The van der Waals surface area contributed by atoms with Crippen molar-refractivity contribution < 1.29 is 14.3 Å². The smallest absolute Gasteiger partial charge is 0.227 e. The summed E-state index contributed by atoms with van der Waals surface area (Å²) in [6.07, 6.45) is 0.471. The van der Waals surface area contributed by atoms with Gasteiger partial charge in [-0.25, -0.2) is 4.98 Å². The lowest BCUT2D eigenvalue weighted by molar-refractivity contribution is -0.116. The summed E-state index contributed by atoms with van der Waals surface area (Å²) in [5, 5.41) is 8.79. The highest BCUT2D eigenvalue weighted by atomic mass is 32.2. The third-order valence-electron chi connectivity index (χ3n) is 3.86. The van der Waals surface area contributed by atoms with Crippen LogP contribution in [0.5, 0.6) is 11.5 Å². The van der Waals surface area contributed by atoms with Crippen molar-refractivity contribution in [3.63, 3.8) is 0 Å². The molecule has 1 fully saturated rings. The van der Waals surface area contributed by atoms with E-state index in [4.69, 9.17) is 9.47 Å². The van der Waals surface area contributed by atoms with Crippen molar-refractivity contribution in [2.45, 2.75) is 12.5 Å². The number of rotatable bonds is 6. The van der Waals surface area contributed by atoms with E-state index in [0.29, 0.717) is 23.1 Å². The minimum atomic E-state index is -0.00629. The molecule has 0 radical (unpaired) electrons. The highest BCUT2D eigenvalue weighted by Gasteiger charge is 2.17. The molecular weight excluding hydrogens is 358 g/mol. The molecule has 2 aromatic rings. The second-order valence-electron chi connectivity index (χ2n) is 5.59. The monoisotopic (exact) mass is 379 g/mol. The summed E-state index contributed by atoms with van der Waals surface area (Å²) in [6.45, 7) is 0.962. The zero-order valence-electron chi connectivity index (χ0n) is 14.2. The van der Waals surface area contributed by atoms with Crippen LogP contribution in [0.1, 0.15) is 6.42 Å². The largest absolute Gasteiger partial charge is 0.493 e. The van der Waals surface area contributed by atoms with Gasteiger partial charge in [0.1, 0.15) is 0 Å². The first-order valence-corrected chi connectivity index (χ1v) is 10.0. The average Bonchev–Trinajstić information content (AvgIpc) is 3.10. The van der Waals surface area contributed by atoms with Crippen molar-refractivity contribution in [2.24, 2.45) is 0 Å². The van der Waals surface area contributed by atoms with Gasteiger partial charge in [0, 0.05) is 41.5 Å². The molecule has 1 unspecified atom stereocenters. The van der Waals surface area contributed by atoms with Crippen LogP contribution in [0.4, 0.5) is 5.13 Å². The Hall–Kier alpha value is -1.77. The van der Waals surface area contributed by atoms with Gasteiger partial charge in [-0.2, -0.15) is 11.8 Å². The number of anilines is 1. The van der Waals surface area contributed by atoms with Gasteiger partial charge in [0.2, 0.25) is 5.91 Å². The molecule has 3 rings (SSSR count). The van der Waals surface area contributed by atoms with E-state index in [1.165, 1.54) is 11.3 Å². The summed E-state index contributed by atoms with van der Waals surface area (Å²) in [7, 11) is 3.21. The third kappa shape index (κ3) is 4.65. The van der Waals surface area contributed by atoms with Crippen LogP contribution in [0.15, 0.2) is 23.6 Å². The van der Waals surface area contributed by atoms with Crippen molar-refractivity contribution >= 4 is 34.1 Å². The molecule has 0 aliphatic carbocycles. The normalized spacial score (nSPS) is 17.1. The lowest BCUT2D eigenvalue weighted by Gasteiger charge is -2.22. The molecule has 1 saturated heterocycles. The maximum Gasteiger partial charge on any atom is 0.227 e. The zero-order chi connectivity index (χ0) is 17.6. The number of ether oxygens (including phenoxy) is 2. The minimum absolute atomic E-state index is 0.00629. The van der Waals surface area contributed by atoms with Crippen LogP contribution in [0.3, 0.4) is 0 Å². The summed E-state index contributed by atoms with van der Waals surface area (Å²) < 4.78 is 10.6. The number of amides is 1. The van der Waals surface area contributed by atoms with Crippen LogP contribution >= 0.6 is 23.1 Å². The van der Waals surface area contributed by atoms with E-state index in [1.54, 1.807) is 14.2 Å². The number of benzene rings is 1. The minimum Gasteiger partial charge on any atom is -0.493 e. The van der Waals surface area contributed by atoms with Crippen LogP contribution in [0.25, 0.3) is 11.3 Å². The molecule has 8 heteroatoms. The van der Waals surface area contributed by atoms with E-state index in [0.717, 1.165) is 29.3 Å². The molecule has 1 aliphatic rings. The maximum absolute atomic E-state index is 12.2. The van der Waals surface area contributed by atoms with E-state index < -0.39 is 0 Å². The molecule has 0 bridgehead atoms. The number of hydrogen-bond acceptors (Lipinski definition) is 7. The number of carbonyl (C=O) groups excluding carboxylic acids is 1. The lowest BCUT2D eigenvalue weighted by atomic mass is 10.1. The Kier molecular flexibility index (Phi) is 6.17.